The molecule has 0 amide bonds. The molecule has 1 nitrogen and oxygen atoms in total. The maximum atomic E-state index is 4.56. The molecule has 2 aromatic rings. The molecule has 0 bridgehead atoms. The van der Waals surface area contributed by atoms with E-state index in [1.807, 2.05) is 6.92 Å². The minimum Gasteiger partial charge on any atom is -0.230 e. The molecule has 0 atom stereocenters. The second-order valence-corrected chi connectivity index (χ2v) is 6.19. The first kappa shape index (κ1) is 11.2. The molecule has 0 saturated heterocycles. The minimum absolute atomic E-state index is 0.998. The van der Waals surface area contributed by atoms with Crippen LogP contribution in [0.3, 0.4) is 0 Å². The zero-order valence-electron chi connectivity index (χ0n) is 8.24. The maximum Gasteiger partial charge on any atom is 0.151 e. The summed E-state index contributed by atoms with van der Waals surface area (Å²) in [6, 6.07) is 6.23. The zero-order chi connectivity index (χ0) is 10.7. The third-order valence-electron chi connectivity index (χ3n) is 1.87. The molecule has 0 aliphatic carbocycles. The first-order valence-corrected chi connectivity index (χ1v) is 7.19. The highest BCUT2D eigenvalue weighted by atomic mass is 79.9. The van der Waals surface area contributed by atoms with Crippen LogP contribution in [0.25, 0.3) is 10.2 Å². The van der Waals surface area contributed by atoms with Crippen molar-refractivity contribution in [3.8, 4) is 0 Å². The van der Waals surface area contributed by atoms with Gasteiger partial charge in [0.05, 0.1) is 10.2 Å². The summed E-state index contributed by atoms with van der Waals surface area (Å²) in [5, 5.41) is 0. The van der Waals surface area contributed by atoms with Crippen LogP contribution in [-0.2, 0) is 0 Å². The van der Waals surface area contributed by atoms with Gasteiger partial charge in [0.2, 0.25) is 0 Å². The van der Waals surface area contributed by atoms with E-state index in [4.69, 9.17) is 0 Å². The molecule has 0 spiro atoms. The fraction of sp³-hybridized carbons (Fsp3) is 0.182. The van der Waals surface area contributed by atoms with E-state index in [1.54, 1.807) is 23.1 Å². The van der Waals surface area contributed by atoms with Crippen molar-refractivity contribution in [1.29, 1.82) is 0 Å². The van der Waals surface area contributed by atoms with Crippen LogP contribution < -0.4 is 0 Å². The van der Waals surface area contributed by atoms with E-state index in [0.717, 1.165) is 20.1 Å². The molecule has 1 aromatic heterocycles. The van der Waals surface area contributed by atoms with Crippen LogP contribution in [0.4, 0.5) is 0 Å². The van der Waals surface area contributed by atoms with E-state index < -0.39 is 0 Å². The number of nitrogens with zero attached hydrogens (tertiary/aromatic N) is 1. The molecule has 1 aromatic carbocycles. The third kappa shape index (κ3) is 2.83. The van der Waals surface area contributed by atoms with Crippen molar-refractivity contribution >= 4 is 49.2 Å². The lowest BCUT2D eigenvalue weighted by molar-refractivity contribution is 1.30. The van der Waals surface area contributed by atoms with Crippen LogP contribution in [-0.4, -0.2) is 10.7 Å². The van der Waals surface area contributed by atoms with Gasteiger partial charge in [-0.2, -0.15) is 0 Å². The summed E-state index contributed by atoms with van der Waals surface area (Å²) in [5.74, 6) is 0.998. The Morgan fingerprint density at radius 2 is 2.40 bits per heavy atom. The molecule has 15 heavy (non-hydrogen) atoms. The summed E-state index contributed by atoms with van der Waals surface area (Å²) in [5.41, 5.74) is 1.08. The number of fused-ring (bicyclic) bond motifs is 1. The highest BCUT2D eigenvalue weighted by Gasteiger charge is 2.03. The molecular weight excluding hydrogens is 290 g/mol. The number of hydrogen-bond donors (Lipinski definition) is 0. The molecule has 2 rings (SSSR count). The molecule has 0 N–H and O–H groups in total. The van der Waals surface area contributed by atoms with Gasteiger partial charge in [0.25, 0.3) is 0 Å². The zero-order valence-corrected chi connectivity index (χ0v) is 11.5. The van der Waals surface area contributed by atoms with Gasteiger partial charge in [-0.15, -0.1) is 11.3 Å². The predicted molar refractivity (Wildman–Crippen MR) is 72.9 cm³/mol. The number of rotatable bonds is 3. The van der Waals surface area contributed by atoms with Crippen molar-refractivity contribution in [3.05, 3.63) is 34.8 Å². The number of thioether (sulfide) groups is 1. The Bertz CT molecular complexity index is 490. The van der Waals surface area contributed by atoms with Crippen LogP contribution in [0.2, 0.25) is 0 Å². The highest BCUT2D eigenvalue weighted by Crippen LogP contribution is 2.30. The SMILES string of the molecule is CC=CCSc1nc2cc(Br)ccc2s1. The van der Waals surface area contributed by atoms with Crippen molar-refractivity contribution in [2.24, 2.45) is 0 Å². The van der Waals surface area contributed by atoms with Gasteiger partial charge in [0.1, 0.15) is 0 Å². The molecule has 78 valence electrons. The Morgan fingerprint density at radius 3 is 3.20 bits per heavy atom. The number of hydrogen-bond acceptors (Lipinski definition) is 3. The molecule has 0 aliphatic rings. The van der Waals surface area contributed by atoms with E-state index in [0.29, 0.717) is 0 Å². The lowest BCUT2D eigenvalue weighted by Crippen LogP contribution is -1.71. The van der Waals surface area contributed by atoms with Crippen LogP contribution in [0, 0.1) is 0 Å². The Balaban J connectivity index is 2.23. The average Bonchev–Trinajstić information content (AvgIpc) is 2.60. The fourth-order valence-electron chi connectivity index (χ4n) is 1.16. The largest absolute Gasteiger partial charge is 0.230 e. The standard InChI is InChI=1S/C11H10BrNS2/c1-2-3-6-14-11-13-9-7-8(12)4-5-10(9)15-11/h2-5,7H,6H2,1H3. The summed E-state index contributed by atoms with van der Waals surface area (Å²) >= 11 is 6.99. The van der Waals surface area contributed by atoms with Crippen LogP contribution >= 0.6 is 39.0 Å². The van der Waals surface area contributed by atoms with E-state index >= 15 is 0 Å². The van der Waals surface area contributed by atoms with E-state index in [9.17, 15) is 0 Å². The second kappa shape index (κ2) is 5.14. The molecule has 0 fully saturated rings. The molecule has 1 heterocycles. The smallest absolute Gasteiger partial charge is 0.151 e. The van der Waals surface area contributed by atoms with Gasteiger partial charge in [0, 0.05) is 10.2 Å². The minimum atomic E-state index is 0.998. The van der Waals surface area contributed by atoms with Gasteiger partial charge in [0.15, 0.2) is 4.34 Å². The Hall–Kier alpha value is -0.320. The first-order valence-electron chi connectivity index (χ1n) is 4.59. The number of allylic oxidation sites excluding steroid dienone is 1. The topological polar surface area (TPSA) is 12.9 Å². The third-order valence-corrected chi connectivity index (χ3v) is 4.49. The normalized spacial score (nSPS) is 11.6. The summed E-state index contributed by atoms with van der Waals surface area (Å²) < 4.78 is 3.48. The predicted octanol–water partition coefficient (Wildman–Crippen LogP) is 4.73. The number of aromatic nitrogens is 1. The van der Waals surface area contributed by atoms with Gasteiger partial charge in [-0.05, 0) is 25.1 Å². The highest BCUT2D eigenvalue weighted by molar-refractivity contribution is 9.10. The molecule has 4 heteroatoms. The van der Waals surface area contributed by atoms with Gasteiger partial charge < -0.3 is 0 Å². The summed E-state index contributed by atoms with van der Waals surface area (Å²) in [4.78, 5) is 4.56. The lowest BCUT2D eigenvalue weighted by Gasteiger charge is -1.88. The number of halogens is 1. The summed E-state index contributed by atoms with van der Waals surface area (Å²) in [7, 11) is 0. The lowest BCUT2D eigenvalue weighted by atomic mass is 10.3. The van der Waals surface area contributed by atoms with Gasteiger partial charge in [-0.3, -0.25) is 0 Å². The Labute approximate surface area is 106 Å². The molecule has 0 radical (unpaired) electrons. The summed E-state index contributed by atoms with van der Waals surface area (Å²) in [6.07, 6.45) is 4.21. The first-order chi connectivity index (χ1) is 7.29. The van der Waals surface area contributed by atoms with Crippen molar-refractivity contribution in [2.45, 2.75) is 11.3 Å². The van der Waals surface area contributed by atoms with Crippen molar-refractivity contribution in [2.75, 3.05) is 5.75 Å². The second-order valence-electron chi connectivity index (χ2n) is 2.97. The molecule has 0 aliphatic heterocycles. The maximum absolute atomic E-state index is 4.56. The number of benzene rings is 1. The van der Waals surface area contributed by atoms with Crippen molar-refractivity contribution < 1.29 is 0 Å². The molecule has 0 saturated carbocycles. The van der Waals surface area contributed by atoms with E-state index in [2.05, 4.69) is 51.3 Å². The van der Waals surface area contributed by atoms with Crippen LogP contribution in [0.5, 0.6) is 0 Å². The Morgan fingerprint density at radius 1 is 1.53 bits per heavy atom. The van der Waals surface area contributed by atoms with E-state index in [-0.39, 0.29) is 0 Å². The monoisotopic (exact) mass is 299 g/mol. The summed E-state index contributed by atoms with van der Waals surface area (Å²) in [6.45, 7) is 2.04. The average molecular weight is 300 g/mol. The van der Waals surface area contributed by atoms with E-state index in [1.165, 1.54) is 4.70 Å². The fourth-order valence-corrected chi connectivity index (χ4v) is 3.49. The van der Waals surface area contributed by atoms with Gasteiger partial charge in [-0.25, -0.2) is 4.98 Å². The van der Waals surface area contributed by atoms with Gasteiger partial charge >= 0.3 is 0 Å². The Kier molecular flexibility index (Phi) is 3.83. The van der Waals surface area contributed by atoms with Crippen molar-refractivity contribution in [3.63, 3.8) is 0 Å². The quantitative estimate of drug-likeness (QED) is 0.600. The van der Waals surface area contributed by atoms with Crippen LogP contribution in [0.1, 0.15) is 6.92 Å². The van der Waals surface area contributed by atoms with Crippen LogP contribution in [0.15, 0.2) is 39.2 Å². The molecule has 0 unspecified atom stereocenters. The van der Waals surface area contributed by atoms with Gasteiger partial charge in [-0.1, -0.05) is 39.8 Å². The molecular formula is C11H10BrNS2. The van der Waals surface area contributed by atoms with Crippen molar-refractivity contribution in [1.82, 2.24) is 4.98 Å². The number of thiazole rings is 1.